The molecule has 3 N–H and O–H groups in total. The van der Waals surface area contributed by atoms with E-state index >= 15 is 0 Å². The zero-order valence-corrected chi connectivity index (χ0v) is 11.9. The molecule has 0 saturated carbocycles. The normalized spacial score (nSPS) is 13.7. The summed E-state index contributed by atoms with van der Waals surface area (Å²) in [6.07, 6.45) is 1.55. The fraction of sp³-hybridized carbons (Fsp3) is 0.333. The molecule has 21 heavy (non-hydrogen) atoms. The molecule has 6 heteroatoms. The van der Waals surface area contributed by atoms with Gasteiger partial charge in [-0.15, -0.1) is 0 Å². The first-order chi connectivity index (χ1) is 9.95. The highest BCUT2D eigenvalue weighted by atomic mass is 16.5. The maximum Gasteiger partial charge on any atom is 0.328 e. The highest BCUT2D eigenvalue weighted by Gasteiger charge is 2.23. The van der Waals surface area contributed by atoms with Crippen LogP contribution in [0.1, 0.15) is 19.4 Å². The third kappa shape index (κ3) is 5.27. The van der Waals surface area contributed by atoms with Gasteiger partial charge in [-0.1, -0.05) is 18.2 Å². The van der Waals surface area contributed by atoms with E-state index in [0.717, 1.165) is 0 Å². The van der Waals surface area contributed by atoms with Crippen LogP contribution in [0, 0.1) is 0 Å². The molecule has 114 valence electrons. The van der Waals surface area contributed by atoms with E-state index in [9.17, 15) is 14.7 Å². The number of carboxylic acids is 1. The number of carbonyl (C=O) groups excluding carboxylic acids is 1. The second-order valence-electron chi connectivity index (χ2n) is 4.37. The van der Waals surface area contributed by atoms with E-state index in [1.165, 1.54) is 19.1 Å². The molecule has 1 aromatic rings. The highest BCUT2D eigenvalue weighted by Crippen LogP contribution is 2.19. The summed E-state index contributed by atoms with van der Waals surface area (Å²) in [5, 5.41) is 20.4. The van der Waals surface area contributed by atoms with Gasteiger partial charge in [0.2, 0.25) is 5.91 Å². The molecule has 0 saturated heterocycles. The van der Waals surface area contributed by atoms with Crippen molar-refractivity contribution in [3.05, 3.63) is 35.9 Å². The second kappa shape index (κ2) is 8.06. The zero-order valence-electron chi connectivity index (χ0n) is 11.9. The predicted octanol–water partition coefficient (Wildman–Crippen LogP) is 1.05. The maximum absolute atomic E-state index is 11.7. The van der Waals surface area contributed by atoms with E-state index in [4.69, 9.17) is 9.84 Å². The maximum atomic E-state index is 11.7. The molecule has 0 radical (unpaired) electrons. The van der Waals surface area contributed by atoms with Gasteiger partial charge in [0.1, 0.15) is 5.75 Å². The van der Waals surface area contributed by atoms with E-state index in [1.807, 2.05) is 13.0 Å². The van der Waals surface area contributed by atoms with Crippen molar-refractivity contribution in [1.29, 1.82) is 0 Å². The van der Waals surface area contributed by atoms with Gasteiger partial charge < -0.3 is 20.3 Å². The van der Waals surface area contributed by atoms with E-state index in [1.54, 1.807) is 18.2 Å². The number of nitrogens with one attached hydrogen (secondary N) is 1. The van der Waals surface area contributed by atoms with Gasteiger partial charge in [-0.2, -0.15) is 0 Å². The van der Waals surface area contributed by atoms with Gasteiger partial charge in [-0.05, 0) is 26.0 Å². The topological polar surface area (TPSA) is 95.9 Å². The number of benzene rings is 1. The van der Waals surface area contributed by atoms with Crippen LogP contribution in [0.2, 0.25) is 0 Å². The molecular formula is C15H19NO5. The average Bonchev–Trinajstić information content (AvgIpc) is 2.43. The van der Waals surface area contributed by atoms with Crippen LogP contribution in [0.4, 0.5) is 0 Å². The average molecular weight is 293 g/mol. The number of rotatable bonds is 7. The summed E-state index contributed by atoms with van der Waals surface area (Å²) in [5.41, 5.74) is 0.707. The highest BCUT2D eigenvalue weighted by molar-refractivity contribution is 5.94. The number of ether oxygens (including phenoxy) is 1. The van der Waals surface area contributed by atoms with E-state index in [2.05, 4.69) is 5.32 Å². The van der Waals surface area contributed by atoms with Gasteiger partial charge in [-0.25, -0.2) is 4.79 Å². The number of para-hydroxylation sites is 1. The predicted molar refractivity (Wildman–Crippen MR) is 77.9 cm³/mol. The SMILES string of the molecule is CCOc1ccccc1/C=C/C(=O)N[C@H](C(=O)O)[C@@H](C)O. The first-order valence-electron chi connectivity index (χ1n) is 6.57. The van der Waals surface area contributed by atoms with E-state index in [0.29, 0.717) is 17.9 Å². The molecule has 1 amide bonds. The Hall–Kier alpha value is -2.34. The van der Waals surface area contributed by atoms with Crippen LogP contribution in [0.25, 0.3) is 6.08 Å². The summed E-state index contributed by atoms with van der Waals surface area (Å²) >= 11 is 0. The number of carbonyl (C=O) groups is 2. The first-order valence-corrected chi connectivity index (χ1v) is 6.57. The smallest absolute Gasteiger partial charge is 0.328 e. The number of hydrogen-bond acceptors (Lipinski definition) is 4. The number of aliphatic hydroxyl groups is 1. The molecule has 0 aromatic heterocycles. The Morgan fingerprint density at radius 1 is 1.38 bits per heavy atom. The van der Waals surface area contributed by atoms with Crippen molar-refractivity contribution >= 4 is 18.0 Å². The van der Waals surface area contributed by atoms with Gasteiger partial charge in [0, 0.05) is 11.6 Å². The van der Waals surface area contributed by atoms with Gasteiger partial charge in [0.25, 0.3) is 0 Å². The number of carboxylic acid groups (broad SMARTS) is 1. The standard InChI is InChI=1S/C15H19NO5/c1-3-21-12-7-5-4-6-11(12)8-9-13(18)16-14(10(2)17)15(19)20/h4-10,14,17H,3H2,1-2H3,(H,16,18)(H,19,20)/b9-8+/t10-,14+/m1/s1. The van der Waals surface area contributed by atoms with Gasteiger partial charge in [0.15, 0.2) is 6.04 Å². The van der Waals surface area contributed by atoms with Crippen molar-refractivity contribution < 1.29 is 24.5 Å². The van der Waals surface area contributed by atoms with Crippen molar-refractivity contribution in [3.63, 3.8) is 0 Å². The molecule has 0 unspecified atom stereocenters. The van der Waals surface area contributed by atoms with Crippen LogP contribution in [-0.2, 0) is 9.59 Å². The van der Waals surface area contributed by atoms with Crippen molar-refractivity contribution in [1.82, 2.24) is 5.32 Å². The number of aliphatic carboxylic acids is 1. The summed E-state index contributed by atoms with van der Waals surface area (Å²) in [5.74, 6) is -1.26. The minimum Gasteiger partial charge on any atom is -0.493 e. The van der Waals surface area contributed by atoms with Crippen LogP contribution in [-0.4, -0.2) is 40.8 Å². The Morgan fingerprint density at radius 3 is 2.62 bits per heavy atom. The Balaban J connectivity index is 2.76. The quantitative estimate of drug-likeness (QED) is 0.653. The fourth-order valence-corrected chi connectivity index (χ4v) is 1.66. The number of amides is 1. The van der Waals surface area contributed by atoms with Crippen molar-refractivity contribution in [3.8, 4) is 5.75 Å². The Kier molecular flexibility index (Phi) is 6.42. The van der Waals surface area contributed by atoms with Crippen LogP contribution in [0.3, 0.4) is 0 Å². The molecular weight excluding hydrogens is 274 g/mol. The largest absolute Gasteiger partial charge is 0.493 e. The summed E-state index contributed by atoms with van der Waals surface area (Å²) < 4.78 is 5.41. The van der Waals surface area contributed by atoms with E-state index in [-0.39, 0.29) is 0 Å². The van der Waals surface area contributed by atoms with Crippen LogP contribution >= 0.6 is 0 Å². The monoisotopic (exact) mass is 293 g/mol. The molecule has 0 spiro atoms. The van der Waals surface area contributed by atoms with E-state index < -0.39 is 24.0 Å². The minimum absolute atomic E-state index is 0.500. The Morgan fingerprint density at radius 2 is 2.05 bits per heavy atom. The lowest BCUT2D eigenvalue weighted by Gasteiger charge is -2.15. The van der Waals surface area contributed by atoms with Gasteiger partial charge in [-0.3, -0.25) is 4.79 Å². The lowest BCUT2D eigenvalue weighted by atomic mass is 10.1. The zero-order chi connectivity index (χ0) is 15.8. The molecule has 0 aliphatic carbocycles. The third-order valence-corrected chi connectivity index (χ3v) is 2.68. The van der Waals surface area contributed by atoms with Crippen molar-refractivity contribution in [2.75, 3.05) is 6.61 Å². The first kappa shape index (κ1) is 16.7. The lowest BCUT2D eigenvalue weighted by molar-refractivity contribution is -0.144. The third-order valence-electron chi connectivity index (χ3n) is 2.68. The van der Waals surface area contributed by atoms with Crippen LogP contribution < -0.4 is 10.1 Å². The number of aliphatic hydroxyl groups excluding tert-OH is 1. The van der Waals surface area contributed by atoms with Gasteiger partial charge in [0.05, 0.1) is 12.7 Å². The summed E-state index contributed by atoms with van der Waals surface area (Å²) in [7, 11) is 0. The summed E-state index contributed by atoms with van der Waals surface area (Å²) in [6.45, 7) is 3.65. The molecule has 1 aromatic carbocycles. The summed E-state index contributed by atoms with van der Waals surface area (Å²) in [4.78, 5) is 22.6. The molecule has 0 fully saturated rings. The molecule has 1 rings (SSSR count). The second-order valence-corrected chi connectivity index (χ2v) is 4.37. The fourth-order valence-electron chi connectivity index (χ4n) is 1.66. The molecule has 0 aliphatic heterocycles. The lowest BCUT2D eigenvalue weighted by Crippen LogP contribution is -2.47. The Labute approximate surface area is 123 Å². The van der Waals surface area contributed by atoms with Crippen LogP contribution in [0.5, 0.6) is 5.75 Å². The van der Waals surface area contributed by atoms with Crippen LogP contribution in [0.15, 0.2) is 30.3 Å². The molecule has 0 bridgehead atoms. The van der Waals surface area contributed by atoms with Crippen molar-refractivity contribution in [2.45, 2.75) is 26.0 Å². The molecule has 0 aliphatic rings. The number of hydrogen-bond donors (Lipinski definition) is 3. The van der Waals surface area contributed by atoms with Crippen molar-refractivity contribution in [2.24, 2.45) is 0 Å². The molecule has 6 nitrogen and oxygen atoms in total. The molecule has 0 heterocycles. The summed E-state index contributed by atoms with van der Waals surface area (Å²) in [6, 6.07) is 5.82. The molecule has 2 atom stereocenters. The van der Waals surface area contributed by atoms with Gasteiger partial charge >= 0.3 is 5.97 Å². The Bertz CT molecular complexity index is 525. The minimum atomic E-state index is -1.34.